The Morgan fingerprint density at radius 2 is 2.00 bits per heavy atom. The molecule has 1 atom stereocenters. The van der Waals surface area contributed by atoms with Crippen molar-refractivity contribution in [3.8, 4) is 0 Å². The van der Waals surface area contributed by atoms with Crippen molar-refractivity contribution in [2.45, 2.75) is 37.8 Å². The summed E-state index contributed by atoms with van der Waals surface area (Å²) >= 11 is 2.13. The van der Waals surface area contributed by atoms with Crippen molar-refractivity contribution in [3.63, 3.8) is 0 Å². The third-order valence-corrected chi connectivity index (χ3v) is 4.62. The first kappa shape index (κ1) is 10.8. The molecular weight excluding hydrogens is 192 g/mol. The van der Waals surface area contributed by atoms with Crippen LogP contribution in [0.3, 0.4) is 0 Å². The molecule has 2 heterocycles. The molecule has 0 aromatic heterocycles. The lowest BCUT2D eigenvalue weighted by Gasteiger charge is -2.39. The van der Waals surface area contributed by atoms with E-state index in [1.165, 1.54) is 50.3 Å². The molecule has 2 rings (SSSR count). The van der Waals surface area contributed by atoms with Crippen LogP contribution >= 0.6 is 11.8 Å². The Morgan fingerprint density at radius 3 is 2.71 bits per heavy atom. The zero-order valence-corrected chi connectivity index (χ0v) is 9.98. The summed E-state index contributed by atoms with van der Waals surface area (Å²) in [6.45, 7) is 2.62. The maximum absolute atomic E-state index is 3.43. The lowest BCUT2D eigenvalue weighted by molar-refractivity contribution is 0.132. The second kappa shape index (κ2) is 5.38. The number of nitrogens with zero attached hydrogens (tertiary/aromatic N) is 1. The number of rotatable bonds is 2. The van der Waals surface area contributed by atoms with E-state index in [9.17, 15) is 0 Å². The highest BCUT2D eigenvalue weighted by Gasteiger charge is 2.26. The molecule has 1 unspecified atom stereocenters. The highest BCUT2D eigenvalue weighted by molar-refractivity contribution is 7.99. The van der Waals surface area contributed by atoms with E-state index in [-0.39, 0.29) is 0 Å². The Balaban J connectivity index is 1.83. The summed E-state index contributed by atoms with van der Waals surface area (Å²) in [5.41, 5.74) is 0. The van der Waals surface area contributed by atoms with E-state index in [4.69, 9.17) is 0 Å². The summed E-state index contributed by atoms with van der Waals surface area (Å²) in [6, 6.07) is 1.64. The van der Waals surface area contributed by atoms with E-state index < -0.39 is 0 Å². The van der Waals surface area contributed by atoms with Gasteiger partial charge in [-0.15, -0.1) is 0 Å². The molecule has 0 spiro atoms. The van der Waals surface area contributed by atoms with E-state index >= 15 is 0 Å². The molecule has 0 aromatic rings. The van der Waals surface area contributed by atoms with Gasteiger partial charge in [-0.2, -0.15) is 11.8 Å². The van der Waals surface area contributed by atoms with Crippen LogP contribution in [0.1, 0.15) is 25.7 Å². The van der Waals surface area contributed by atoms with E-state index in [0.29, 0.717) is 0 Å². The van der Waals surface area contributed by atoms with Gasteiger partial charge in [0.05, 0.1) is 0 Å². The quantitative estimate of drug-likeness (QED) is 0.751. The van der Waals surface area contributed by atoms with Gasteiger partial charge in [-0.25, -0.2) is 0 Å². The Hall–Kier alpha value is 0.270. The SMILES string of the molecule is CNC1CCCN(C2CCSCC2)C1. The summed E-state index contributed by atoms with van der Waals surface area (Å²) < 4.78 is 0. The zero-order chi connectivity index (χ0) is 9.80. The molecule has 14 heavy (non-hydrogen) atoms. The first-order chi connectivity index (χ1) is 6.90. The minimum absolute atomic E-state index is 0.748. The molecule has 2 saturated heterocycles. The number of thioether (sulfide) groups is 1. The maximum Gasteiger partial charge on any atom is 0.0192 e. The normalized spacial score (nSPS) is 31.9. The zero-order valence-electron chi connectivity index (χ0n) is 9.17. The van der Waals surface area contributed by atoms with Crippen LogP contribution in [0.2, 0.25) is 0 Å². The Labute approximate surface area is 91.8 Å². The molecule has 2 nitrogen and oxygen atoms in total. The van der Waals surface area contributed by atoms with Crippen LogP contribution < -0.4 is 5.32 Å². The van der Waals surface area contributed by atoms with Gasteiger partial charge in [0.2, 0.25) is 0 Å². The maximum atomic E-state index is 3.43. The first-order valence-corrected chi connectivity index (χ1v) is 7.04. The van der Waals surface area contributed by atoms with Gasteiger partial charge in [0.15, 0.2) is 0 Å². The number of nitrogens with one attached hydrogen (secondary N) is 1. The van der Waals surface area contributed by atoms with E-state index in [1.54, 1.807) is 0 Å². The fourth-order valence-corrected chi connectivity index (χ4v) is 3.71. The van der Waals surface area contributed by atoms with Gasteiger partial charge in [0.25, 0.3) is 0 Å². The van der Waals surface area contributed by atoms with Crippen molar-refractivity contribution >= 4 is 11.8 Å². The minimum atomic E-state index is 0.748. The first-order valence-electron chi connectivity index (χ1n) is 5.89. The standard InChI is InChI=1S/C11H22N2S/c1-12-10-3-2-6-13(9-10)11-4-7-14-8-5-11/h10-12H,2-9H2,1H3. The Bertz CT molecular complexity index is 169. The molecule has 0 radical (unpaired) electrons. The van der Waals surface area contributed by atoms with Crippen molar-refractivity contribution in [2.24, 2.45) is 0 Å². The highest BCUT2D eigenvalue weighted by atomic mass is 32.2. The molecule has 82 valence electrons. The highest BCUT2D eigenvalue weighted by Crippen LogP contribution is 2.24. The second-order valence-electron chi connectivity index (χ2n) is 4.47. The molecule has 1 N–H and O–H groups in total. The molecule has 2 aliphatic heterocycles. The number of likely N-dealkylation sites (N-methyl/N-ethyl adjacent to an activating group) is 1. The summed E-state index contributed by atoms with van der Waals surface area (Å²) in [5.74, 6) is 2.76. The lowest BCUT2D eigenvalue weighted by Crippen LogP contribution is -2.49. The predicted molar refractivity (Wildman–Crippen MR) is 64.0 cm³/mol. The molecular formula is C11H22N2S. The van der Waals surface area contributed by atoms with Gasteiger partial charge in [0.1, 0.15) is 0 Å². The molecule has 0 saturated carbocycles. The van der Waals surface area contributed by atoms with Gasteiger partial charge < -0.3 is 5.32 Å². The van der Waals surface area contributed by atoms with Gasteiger partial charge >= 0.3 is 0 Å². The fourth-order valence-electron chi connectivity index (χ4n) is 2.62. The molecule has 0 bridgehead atoms. The number of hydrogen-bond acceptors (Lipinski definition) is 3. The van der Waals surface area contributed by atoms with Crippen LogP contribution in [-0.2, 0) is 0 Å². The number of likely N-dealkylation sites (tertiary alicyclic amines) is 1. The summed E-state index contributed by atoms with van der Waals surface area (Å²) in [4.78, 5) is 2.73. The average Bonchev–Trinajstić information content (AvgIpc) is 2.30. The third-order valence-electron chi connectivity index (χ3n) is 3.57. The van der Waals surface area contributed by atoms with Crippen molar-refractivity contribution in [1.29, 1.82) is 0 Å². The second-order valence-corrected chi connectivity index (χ2v) is 5.69. The van der Waals surface area contributed by atoms with Crippen molar-refractivity contribution in [3.05, 3.63) is 0 Å². The van der Waals surface area contributed by atoms with Gasteiger partial charge in [-0.3, -0.25) is 4.90 Å². The predicted octanol–water partition coefficient (Wildman–Crippen LogP) is 1.57. The number of piperidine rings is 1. The van der Waals surface area contributed by atoms with Crippen molar-refractivity contribution in [2.75, 3.05) is 31.6 Å². The third kappa shape index (κ3) is 2.65. The van der Waals surface area contributed by atoms with E-state index in [2.05, 4.69) is 29.0 Å². The van der Waals surface area contributed by atoms with Gasteiger partial charge in [-0.05, 0) is 50.8 Å². The largest absolute Gasteiger partial charge is 0.316 e. The summed E-state index contributed by atoms with van der Waals surface area (Å²) in [7, 11) is 2.10. The van der Waals surface area contributed by atoms with Crippen LogP contribution in [0.5, 0.6) is 0 Å². The topological polar surface area (TPSA) is 15.3 Å². The average molecular weight is 214 g/mol. The lowest BCUT2D eigenvalue weighted by atomic mass is 10.0. The smallest absolute Gasteiger partial charge is 0.0192 e. The van der Waals surface area contributed by atoms with Gasteiger partial charge in [-0.1, -0.05) is 0 Å². The summed E-state index contributed by atoms with van der Waals surface area (Å²) in [5, 5.41) is 3.43. The minimum Gasteiger partial charge on any atom is -0.316 e. The monoisotopic (exact) mass is 214 g/mol. The molecule has 2 aliphatic rings. The fraction of sp³-hybridized carbons (Fsp3) is 1.00. The molecule has 2 fully saturated rings. The summed E-state index contributed by atoms with van der Waals surface area (Å²) in [6.07, 6.45) is 5.59. The van der Waals surface area contributed by atoms with Crippen molar-refractivity contribution < 1.29 is 0 Å². The molecule has 0 amide bonds. The van der Waals surface area contributed by atoms with Crippen LogP contribution in [0.25, 0.3) is 0 Å². The molecule has 0 aliphatic carbocycles. The van der Waals surface area contributed by atoms with Crippen LogP contribution in [-0.4, -0.2) is 48.6 Å². The van der Waals surface area contributed by atoms with Crippen molar-refractivity contribution in [1.82, 2.24) is 10.2 Å². The molecule has 3 heteroatoms. The molecule has 0 aromatic carbocycles. The number of hydrogen-bond donors (Lipinski definition) is 1. The Kier molecular flexibility index (Phi) is 4.14. The van der Waals surface area contributed by atoms with Crippen LogP contribution in [0.15, 0.2) is 0 Å². The Morgan fingerprint density at radius 1 is 1.21 bits per heavy atom. The van der Waals surface area contributed by atoms with Gasteiger partial charge in [0, 0.05) is 18.6 Å². The van der Waals surface area contributed by atoms with E-state index in [0.717, 1.165) is 12.1 Å². The van der Waals surface area contributed by atoms with Crippen LogP contribution in [0, 0.1) is 0 Å². The van der Waals surface area contributed by atoms with Crippen LogP contribution in [0.4, 0.5) is 0 Å². The van der Waals surface area contributed by atoms with E-state index in [1.807, 2.05) is 0 Å².